The van der Waals surface area contributed by atoms with E-state index in [9.17, 15) is 9.59 Å². The highest BCUT2D eigenvalue weighted by Gasteiger charge is 2.20. The Hall–Kier alpha value is -3.39. The Morgan fingerprint density at radius 1 is 1.10 bits per heavy atom. The summed E-state index contributed by atoms with van der Waals surface area (Å²) in [6, 6.07) is 18.4. The van der Waals surface area contributed by atoms with E-state index >= 15 is 0 Å². The number of hydrogen-bond donors (Lipinski definition) is 2. The van der Waals surface area contributed by atoms with Crippen molar-refractivity contribution in [3.05, 3.63) is 90.3 Å². The van der Waals surface area contributed by atoms with Crippen LogP contribution in [-0.2, 0) is 17.9 Å². The Kier molecular flexibility index (Phi) is 8.00. The van der Waals surface area contributed by atoms with Crippen LogP contribution < -0.4 is 10.6 Å². The van der Waals surface area contributed by atoms with Gasteiger partial charge in [-0.3, -0.25) is 9.59 Å². The lowest BCUT2D eigenvalue weighted by Gasteiger charge is -2.15. The number of nitrogens with zero attached hydrogens (tertiary/aromatic N) is 3. The minimum Gasteiger partial charge on any atom is -0.351 e. The second-order valence-electron chi connectivity index (χ2n) is 6.85. The van der Waals surface area contributed by atoms with E-state index in [0.717, 1.165) is 5.56 Å². The smallest absolute Gasteiger partial charge is 0.251 e. The first-order valence-corrected chi connectivity index (χ1v) is 10.9. The van der Waals surface area contributed by atoms with Gasteiger partial charge in [-0.15, -0.1) is 16.8 Å². The molecule has 0 aliphatic carbocycles. The molecule has 0 fully saturated rings. The summed E-state index contributed by atoms with van der Waals surface area (Å²) in [5.41, 5.74) is 1.62. The fourth-order valence-electron chi connectivity index (χ4n) is 2.94. The fraction of sp³-hybridized carbons (Fsp3) is 0.217. The van der Waals surface area contributed by atoms with Gasteiger partial charge in [0.05, 0.1) is 11.8 Å². The molecule has 0 bridgehead atoms. The monoisotopic (exact) mass is 435 g/mol. The van der Waals surface area contributed by atoms with Crippen LogP contribution in [0.5, 0.6) is 0 Å². The molecular weight excluding hydrogens is 410 g/mol. The number of carbonyl (C=O) groups excluding carboxylic acids is 2. The Bertz CT molecular complexity index is 1020. The van der Waals surface area contributed by atoms with E-state index in [1.807, 2.05) is 60.0 Å². The summed E-state index contributed by atoms with van der Waals surface area (Å²) in [7, 11) is 0. The Balaban J connectivity index is 1.60. The molecule has 1 aromatic heterocycles. The molecule has 0 saturated heterocycles. The number of nitrogens with one attached hydrogen (secondary N) is 2. The minimum absolute atomic E-state index is 0.0889. The van der Waals surface area contributed by atoms with Crippen LogP contribution in [0.2, 0.25) is 0 Å². The van der Waals surface area contributed by atoms with Crippen molar-refractivity contribution in [2.75, 3.05) is 5.75 Å². The summed E-state index contributed by atoms with van der Waals surface area (Å²) in [5.74, 6) is 0.550. The zero-order chi connectivity index (χ0) is 22.1. The Labute approximate surface area is 186 Å². The molecule has 160 valence electrons. The predicted octanol–water partition coefficient (Wildman–Crippen LogP) is 3.36. The number of carbonyl (C=O) groups is 2. The van der Waals surface area contributed by atoms with Crippen LogP contribution in [0.25, 0.3) is 0 Å². The Morgan fingerprint density at radius 3 is 2.45 bits per heavy atom. The number of allylic oxidation sites excluding steroid dienone is 1. The highest BCUT2D eigenvalue weighted by atomic mass is 32.2. The van der Waals surface area contributed by atoms with Crippen LogP contribution in [0.3, 0.4) is 0 Å². The van der Waals surface area contributed by atoms with Crippen LogP contribution in [0.4, 0.5) is 0 Å². The van der Waals surface area contributed by atoms with E-state index in [-0.39, 0.29) is 23.6 Å². The average Bonchev–Trinajstić information content (AvgIpc) is 3.20. The molecule has 3 rings (SSSR count). The largest absolute Gasteiger partial charge is 0.351 e. The van der Waals surface area contributed by atoms with E-state index < -0.39 is 0 Å². The number of amides is 2. The van der Waals surface area contributed by atoms with Crippen molar-refractivity contribution in [3.8, 4) is 0 Å². The molecule has 1 atom stereocenters. The Morgan fingerprint density at radius 2 is 1.77 bits per heavy atom. The van der Waals surface area contributed by atoms with E-state index in [2.05, 4.69) is 27.4 Å². The van der Waals surface area contributed by atoms with Crippen molar-refractivity contribution >= 4 is 23.6 Å². The van der Waals surface area contributed by atoms with E-state index in [0.29, 0.717) is 29.6 Å². The van der Waals surface area contributed by atoms with Crippen molar-refractivity contribution < 1.29 is 9.59 Å². The first-order valence-electron chi connectivity index (χ1n) is 9.91. The van der Waals surface area contributed by atoms with Gasteiger partial charge in [-0.25, -0.2) is 0 Å². The van der Waals surface area contributed by atoms with Gasteiger partial charge in [-0.05, 0) is 24.6 Å². The first-order chi connectivity index (χ1) is 15.1. The molecular formula is C23H25N5O2S. The van der Waals surface area contributed by atoms with Crippen molar-refractivity contribution in [2.45, 2.75) is 31.2 Å². The zero-order valence-corrected chi connectivity index (χ0v) is 18.1. The summed E-state index contributed by atoms with van der Waals surface area (Å²) in [6.45, 7) is 6.60. The molecule has 0 radical (unpaired) electrons. The number of rotatable bonds is 10. The third-order valence-electron chi connectivity index (χ3n) is 4.49. The standard InChI is InChI=1S/C23H25N5O2S/c1-3-14-28-21(17(2)25-22(30)19-12-8-5-9-13-19)26-27-23(28)31-16-20(29)24-15-18-10-6-4-7-11-18/h3-13,17H,1,14-16H2,2H3,(H,24,29)(H,25,30)/t17-/m1/s1. The highest BCUT2D eigenvalue weighted by molar-refractivity contribution is 7.99. The van der Waals surface area contributed by atoms with E-state index in [1.165, 1.54) is 11.8 Å². The maximum Gasteiger partial charge on any atom is 0.251 e. The predicted molar refractivity (Wildman–Crippen MR) is 122 cm³/mol. The number of thioether (sulfide) groups is 1. The summed E-state index contributed by atoms with van der Waals surface area (Å²) in [4.78, 5) is 24.7. The topological polar surface area (TPSA) is 88.9 Å². The molecule has 0 aliphatic heterocycles. The highest BCUT2D eigenvalue weighted by Crippen LogP contribution is 2.21. The lowest BCUT2D eigenvalue weighted by Crippen LogP contribution is -2.28. The lowest BCUT2D eigenvalue weighted by atomic mass is 10.2. The van der Waals surface area contributed by atoms with E-state index in [4.69, 9.17) is 0 Å². The quantitative estimate of drug-likeness (QED) is 0.377. The molecule has 2 amide bonds. The van der Waals surface area contributed by atoms with Gasteiger partial charge in [0.1, 0.15) is 0 Å². The molecule has 0 unspecified atom stereocenters. The lowest BCUT2D eigenvalue weighted by molar-refractivity contribution is -0.118. The van der Waals surface area contributed by atoms with Gasteiger partial charge in [0, 0.05) is 18.7 Å². The molecule has 3 aromatic rings. The first kappa shape index (κ1) is 22.3. The third-order valence-corrected chi connectivity index (χ3v) is 5.46. The second kappa shape index (κ2) is 11.1. The van der Waals surface area contributed by atoms with Crippen molar-refractivity contribution in [2.24, 2.45) is 0 Å². The molecule has 31 heavy (non-hydrogen) atoms. The summed E-state index contributed by atoms with van der Waals surface area (Å²) < 4.78 is 1.86. The van der Waals surface area contributed by atoms with Crippen LogP contribution >= 0.6 is 11.8 Å². The number of aromatic nitrogens is 3. The van der Waals surface area contributed by atoms with Crippen LogP contribution in [0.1, 0.15) is 34.7 Å². The van der Waals surface area contributed by atoms with Gasteiger partial charge in [0.15, 0.2) is 11.0 Å². The maximum atomic E-state index is 12.5. The molecule has 0 aliphatic rings. The molecule has 2 N–H and O–H groups in total. The molecule has 0 spiro atoms. The summed E-state index contributed by atoms with van der Waals surface area (Å²) in [6.07, 6.45) is 1.73. The summed E-state index contributed by atoms with van der Waals surface area (Å²) >= 11 is 1.30. The van der Waals surface area contributed by atoms with Crippen LogP contribution in [-0.4, -0.2) is 32.3 Å². The SMILES string of the molecule is C=CCn1c(SCC(=O)NCc2ccccc2)nnc1[C@@H](C)NC(=O)c1ccccc1. The van der Waals surface area contributed by atoms with Crippen LogP contribution in [0.15, 0.2) is 78.5 Å². The molecule has 2 aromatic carbocycles. The molecule has 8 heteroatoms. The van der Waals surface area contributed by atoms with Gasteiger partial charge >= 0.3 is 0 Å². The van der Waals surface area contributed by atoms with Gasteiger partial charge in [-0.1, -0.05) is 66.4 Å². The van der Waals surface area contributed by atoms with Crippen molar-refractivity contribution in [1.82, 2.24) is 25.4 Å². The fourth-order valence-corrected chi connectivity index (χ4v) is 3.72. The van der Waals surface area contributed by atoms with Gasteiger partial charge < -0.3 is 15.2 Å². The van der Waals surface area contributed by atoms with Gasteiger partial charge in [0.2, 0.25) is 5.91 Å². The molecule has 7 nitrogen and oxygen atoms in total. The molecule has 1 heterocycles. The second-order valence-corrected chi connectivity index (χ2v) is 7.79. The van der Waals surface area contributed by atoms with Gasteiger partial charge in [-0.2, -0.15) is 0 Å². The number of hydrogen-bond acceptors (Lipinski definition) is 5. The van der Waals surface area contributed by atoms with Crippen molar-refractivity contribution in [1.29, 1.82) is 0 Å². The van der Waals surface area contributed by atoms with Gasteiger partial charge in [0.25, 0.3) is 5.91 Å². The average molecular weight is 436 g/mol. The third kappa shape index (κ3) is 6.29. The molecule has 0 saturated carbocycles. The maximum absolute atomic E-state index is 12.5. The van der Waals surface area contributed by atoms with Crippen molar-refractivity contribution in [3.63, 3.8) is 0 Å². The number of benzene rings is 2. The van der Waals surface area contributed by atoms with Crippen LogP contribution in [0, 0.1) is 0 Å². The summed E-state index contributed by atoms with van der Waals surface area (Å²) in [5, 5.41) is 14.9. The normalized spacial score (nSPS) is 11.5. The van der Waals surface area contributed by atoms with E-state index in [1.54, 1.807) is 18.2 Å². The minimum atomic E-state index is -0.360. The zero-order valence-electron chi connectivity index (χ0n) is 17.3.